The summed E-state index contributed by atoms with van der Waals surface area (Å²) >= 11 is 1.34. The zero-order chi connectivity index (χ0) is 16.1. The molecule has 0 aliphatic carbocycles. The predicted molar refractivity (Wildman–Crippen MR) is 86.2 cm³/mol. The van der Waals surface area contributed by atoms with Crippen molar-refractivity contribution in [2.24, 2.45) is 5.92 Å². The summed E-state index contributed by atoms with van der Waals surface area (Å²) in [7, 11) is 1.60. The van der Waals surface area contributed by atoms with E-state index >= 15 is 0 Å². The van der Waals surface area contributed by atoms with Gasteiger partial charge in [0.05, 0.1) is 0 Å². The minimum Gasteiger partial charge on any atom is -0.377 e. The Hall–Kier alpha value is -2.13. The lowest BCUT2D eigenvalue weighted by Gasteiger charge is -2.30. The van der Waals surface area contributed by atoms with Crippen LogP contribution >= 0.6 is 11.3 Å². The molecule has 1 aliphatic heterocycles. The molecule has 3 heterocycles. The van der Waals surface area contributed by atoms with Gasteiger partial charge in [0, 0.05) is 38.5 Å². The molecule has 1 aliphatic rings. The van der Waals surface area contributed by atoms with Gasteiger partial charge < -0.3 is 15.0 Å². The SMILES string of the molecule is COCc1nnc(NC(=O)C2CCN(c3ncccn3)CC2)s1. The van der Waals surface area contributed by atoms with Gasteiger partial charge in [-0.05, 0) is 18.9 Å². The van der Waals surface area contributed by atoms with Gasteiger partial charge in [-0.2, -0.15) is 0 Å². The maximum absolute atomic E-state index is 12.3. The van der Waals surface area contributed by atoms with E-state index in [-0.39, 0.29) is 11.8 Å². The first-order chi connectivity index (χ1) is 11.3. The smallest absolute Gasteiger partial charge is 0.229 e. The first kappa shape index (κ1) is 15.8. The Morgan fingerprint density at radius 3 is 2.78 bits per heavy atom. The first-order valence-corrected chi connectivity index (χ1v) is 8.22. The van der Waals surface area contributed by atoms with E-state index in [0.29, 0.717) is 11.7 Å². The van der Waals surface area contributed by atoms with Crippen LogP contribution in [-0.2, 0) is 16.1 Å². The van der Waals surface area contributed by atoms with Crippen molar-refractivity contribution in [2.45, 2.75) is 19.4 Å². The molecule has 1 amide bonds. The summed E-state index contributed by atoms with van der Waals surface area (Å²) in [4.78, 5) is 22.9. The van der Waals surface area contributed by atoms with Gasteiger partial charge in [-0.1, -0.05) is 11.3 Å². The highest BCUT2D eigenvalue weighted by Crippen LogP contribution is 2.23. The normalized spacial score (nSPS) is 15.6. The fourth-order valence-corrected chi connectivity index (χ4v) is 3.20. The summed E-state index contributed by atoms with van der Waals surface area (Å²) in [6.07, 6.45) is 5.00. The Balaban J connectivity index is 1.51. The van der Waals surface area contributed by atoms with Crippen LogP contribution in [0.2, 0.25) is 0 Å². The predicted octanol–water partition coefficient (Wildman–Crippen LogP) is 1.33. The molecule has 0 saturated carbocycles. The van der Waals surface area contributed by atoms with Gasteiger partial charge in [-0.25, -0.2) is 9.97 Å². The summed E-state index contributed by atoms with van der Waals surface area (Å²) in [5, 5.41) is 12.0. The lowest BCUT2D eigenvalue weighted by atomic mass is 9.96. The molecule has 2 aromatic rings. The molecule has 1 fully saturated rings. The molecule has 9 heteroatoms. The van der Waals surface area contributed by atoms with E-state index in [0.717, 1.165) is 36.9 Å². The van der Waals surface area contributed by atoms with Gasteiger partial charge in [-0.15, -0.1) is 10.2 Å². The number of piperidine rings is 1. The van der Waals surface area contributed by atoms with Gasteiger partial charge in [0.2, 0.25) is 17.0 Å². The van der Waals surface area contributed by atoms with Crippen LogP contribution in [0.5, 0.6) is 0 Å². The molecular weight excluding hydrogens is 316 g/mol. The number of carbonyl (C=O) groups excluding carboxylic acids is 1. The topological polar surface area (TPSA) is 93.1 Å². The zero-order valence-corrected chi connectivity index (χ0v) is 13.6. The van der Waals surface area contributed by atoms with Crippen LogP contribution in [0, 0.1) is 5.92 Å². The summed E-state index contributed by atoms with van der Waals surface area (Å²) in [5.41, 5.74) is 0. The molecule has 23 heavy (non-hydrogen) atoms. The fraction of sp³-hybridized carbons (Fsp3) is 0.500. The van der Waals surface area contributed by atoms with Crippen LogP contribution in [0.15, 0.2) is 18.5 Å². The molecule has 0 radical (unpaired) electrons. The fourth-order valence-electron chi connectivity index (χ4n) is 2.49. The Morgan fingerprint density at radius 2 is 2.09 bits per heavy atom. The maximum atomic E-state index is 12.3. The Kier molecular flexibility index (Phi) is 5.09. The van der Waals surface area contributed by atoms with Crippen LogP contribution in [0.4, 0.5) is 11.1 Å². The number of ether oxygens (including phenoxy) is 1. The number of anilines is 2. The molecule has 0 unspecified atom stereocenters. The van der Waals surface area contributed by atoms with Crippen molar-refractivity contribution < 1.29 is 9.53 Å². The van der Waals surface area contributed by atoms with E-state index in [4.69, 9.17) is 4.74 Å². The number of rotatable bonds is 5. The Labute approximate surface area is 137 Å². The second-order valence-electron chi connectivity index (χ2n) is 5.23. The number of nitrogens with one attached hydrogen (secondary N) is 1. The van der Waals surface area contributed by atoms with E-state index < -0.39 is 0 Å². The van der Waals surface area contributed by atoms with Gasteiger partial charge in [0.25, 0.3) is 0 Å². The summed E-state index contributed by atoms with van der Waals surface area (Å²) < 4.78 is 4.99. The van der Waals surface area contributed by atoms with Crippen LogP contribution in [0.25, 0.3) is 0 Å². The van der Waals surface area contributed by atoms with Crippen molar-refractivity contribution in [1.29, 1.82) is 0 Å². The number of methoxy groups -OCH3 is 1. The molecule has 0 spiro atoms. The van der Waals surface area contributed by atoms with E-state index in [9.17, 15) is 4.79 Å². The van der Waals surface area contributed by atoms with Crippen molar-refractivity contribution in [1.82, 2.24) is 20.2 Å². The number of hydrogen-bond donors (Lipinski definition) is 1. The van der Waals surface area contributed by atoms with Gasteiger partial charge in [0.1, 0.15) is 11.6 Å². The average molecular weight is 334 g/mol. The highest BCUT2D eigenvalue weighted by Gasteiger charge is 2.26. The third kappa shape index (κ3) is 3.99. The quantitative estimate of drug-likeness (QED) is 0.881. The van der Waals surface area contributed by atoms with Gasteiger partial charge >= 0.3 is 0 Å². The summed E-state index contributed by atoms with van der Waals surface area (Å²) in [6.45, 7) is 1.95. The number of amides is 1. The minimum absolute atomic E-state index is 0.00116. The second kappa shape index (κ2) is 7.42. The van der Waals surface area contributed by atoms with Crippen LogP contribution in [0.3, 0.4) is 0 Å². The molecule has 0 atom stereocenters. The number of nitrogens with zero attached hydrogens (tertiary/aromatic N) is 5. The molecule has 2 aromatic heterocycles. The van der Waals surface area contributed by atoms with Gasteiger partial charge in [-0.3, -0.25) is 4.79 Å². The van der Waals surface area contributed by atoms with E-state index in [1.165, 1.54) is 11.3 Å². The van der Waals surface area contributed by atoms with E-state index in [2.05, 4.69) is 30.4 Å². The van der Waals surface area contributed by atoms with Crippen molar-refractivity contribution in [2.75, 3.05) is 30.4 Å². The third-order valence-corrected chi connectivity index (χ3v) is 4.48. The standard InChI is InChI=1S/C14H18N6O2S/c1-22-9-11-18-19-14(23-11)17-12(21)10-3-7-20(8-4-10)13-15-5-2-6-16-13/h2,5-6,10H,3-4,7-9H2,1H3,(H,17,19,21). The van der Waals surface area contributed by atoms with Crippen molar-refractivity contribution >= 4 is 28.3 Å². The van der Waals surface area contributed by atoms with E-state index in [1.807, 2.05) is 0 Å². The molecule has 3 rings (SSSR count). The highest BCUT2D eigenvalue weighted by atomic mass is 32.1. The Morgan fingerprint density at radius 1 is 1.35 bits per heavy atom. The monoisotopic (exact) mass is 334 g/mol. The average Bonchev–Trinajstić information content (AvgIpc) is 3.03. The largest absolute Gasteiger partial charge is 0.377 e. The minimum atomic E-state index is -0.0234. The highest BCUT2D eigenvalue weighted by molar-refractivity contribution is 7.15. The molecular formula is C14H18N6O2S. The molecule has 0 aromatic carbocycles. The molecule has 122 valence electrons. The molecule has 8 nitrogen and oxygen atoms in total. The lowest BCUT2D eigenvalue weighted by molar-refractivity contribution is -0.120. The lowest BCUT2D eigenvalue weighted by Crippen LogP contribution is -2.39. The third-order valence-electron chi connectivity index (χ3n) is 3.67. The first-order valence-electron chi connectivity index (χ1n) is 7.40. The Bertz CT molecular complexity index is 642. The number of hydrogen-bond acceptors (Lipinski definition) is 8. The van der Waals surface area contributed by atoms with Crippen molar-refractivity contribution in [3.05, 3.63) is 23.5 Å². The molecule has 1 saturated heterocycles. The number of carbonyl (C=O) groups is 1. The number of aromatic nitrogens is 4. The van der Waals surface area contributed by atoms with Gasteiger partial charge in [0.15, 0.2) is 0 Å². The van der Waals surface area contributed by atoms with Crippen molar-refractivity contribution in [3.63, 3.8) is 0 Å². The molecule has 0 bridgehead atoms. The summed E-state index contributed by atoms with van der Waals surface area (Å²) in [6, 6.07) is 1.80. The van der Waals surface area contributed by atoms with Crippen LogP contribution < -0.4 is 10.2 Å². The maximum Gasteiger partial charge on any atom is 0.229 e. The second-order valence-corrected chi connectivity index (χ2v) is 6.30. The van der Waals surface area contributed by atoms with Crippen LogP contribution in [0.1, 0.15) is 17.8 Å². The zero-order valence-electron chi connectivity index (χ0n) is 12.8. The summed E-state index contributed by atoms with van der Waals surface area (Å²) in [5.74, 6) is 0.697. The van der Waals surface area contributed by atoms with Crippen molar-refractivity contribution in [3.8, 4) is 0 Å². The molecule has 1 N–H and O–H groups in total. The van der Waals surface area contributed by atoms with Crippen LogP contribution in [-0.4, -0.2) is 46.3 Å². The van der Waals surface area contributed by atoms with E-state index in [1.54, 1.807) is 25.6 Å².